The van der Waals surface area contributed by atoms with Gasteiger partial charge in [-0.1, -0.05) is 56.3 Å². The predicted octanol–water partition coefficient (Wildman–Crippen LogP) is 6.50. The quantitative estimate of drug-likeness (QED) is 0.255. The topological polar surface area (TPSA) is 73.9 Å². The standard InChI is InChI=1S/C26H27N3O2S/c1-3-26(30,4-2)19-11-10-18-12-22(27-21(18)13-19)24-25-23(28-29-24)14-20(32-25)16-31-15-17-8-6-5-7-9-17/h5-14,27,30H,3-4,15-16H2,1-2H3,(H,28,29). The van der Waals surface area contributed by atoms with E-state index in [1.54, 1.807) is 11.3 Å². The molecule has 0 unspecified atom stereocenters. The van der Waals surface area contributed by atoms with Gasteiger partial charge in [-0.25, -0.2) is 0 Å². The Balaban J connectivity index is 1.39. The molecule has 3 heterocycles. The summed E-state index contributed by atoms with van der Waals surface area (Å²) in [6.45, 7) is 5.21. The van der Waals surface area contributed by atoms with Gasteiger partial charge in [-0.05, 0) is 42.2 Å². The highest BCUT2D eigenvalue weighted by molar-refractivity contribution is 7.19. The largest absolute Gasteiger partial charge is 0.385 e. The molecule has 0 aliphatic heterocycles. The molecule has 0 saturated heterocycles. The van der Waals surface area contributed by atoms with Crippen LogP contribution in [0.1, 0.15) is 42.7 Å². The van der Waals surface area contributed by atoms with Gasteiger partial charge in [0, 0.05) is 15.8 Å². The smallest absolute Gasteiger partial charge is 0.126 e. The van der Waals surface area contributed by atoms with Crippen molar-refractivity contribution < 1.29 is 9.84 Å². The molecule has 0 bridgehead atoms. The van der Waals surface area contributed by atoms with Crippen LogP contribution in [-0.4, -0.2) is 20.3 Å². The number of aromatic amines is 2. The maximum atomic E-state index is 10.9. The molecular formula is C26H27N3O2S. The van der Waals surface area contributed by atoms with E-state index in [1.807, 2.05) is 38.1 Å². The minimum absolute atomic E-state index is 0.574. The summed E-state index contributed by atoms with van der Waals surface area (Å²) in [5.74, 6) is 0. The number of hydrogen-bond acceptors (Lipinski definition) is 4. The van der Waals surface area contributed by atoms with Crippen molar-refractivity contribution in [2.75, 3.05) is 0 Å². The van der Waals surface area contributed by atoms with E-state index in [9.17, 15) is 5.11 Å². The molecule has 0 spiro atoms. The maximum absolute atomic E-state index is 10.9. The van der Waals surface area contributed by atoms with Gasteiger partial charge in [0.1, 0.15) is 5.69 Å². The Morgan fingerprint density at radius 2 is 1.78 bits per heavy atom. The van der Waals surface area contributed by atoms with Gasteiger partial charge in [0.2, 0.25) is 0 Å². The minimum atomic E-state index is -0.790. The van der Waals surface area contributed by atoms with Gasteiger partial charge in [-0.15, -0.1) is 11.3 Å². The van der Waals surface area contributed by atoms with Crippen LogP contribution in [0.5, 0.6) is 0 Å². The summed E-state index contributed by atoms with van der Waals surface area (Å²) in [7, 11) is 0. The van der Waals surface area contributed by atoms with E-state index in [-0.39, 0.29) is 0 Å². The maximum Gasteiger partial charge on any atom is 0.126 e. The van der Waals surface area contributed by atoms with Crippen molar-refractivity contribution >= 4 is 32.5 Å². The third kappa shape index (κ3) is 3.86. The molecule has 32 heavy (non-hydrogen) atoms. The number of benzene rings is 2. The molecule has 5 aromatic rings. The summed E-state index contributed by atoms with van der Waals surface area (Å²) < 4.78 is 7.03. The van der Waals surface area contributed by atoms with Crippen LogP contribution in [0.25, 0.3) is 32.5 Å². The second-order valence-electron chi connectivity index (χ2n) is 8.23. The number of nitrogens with one attached hydrogen (secondary N) is 2. The third-order valence-corrected chi connectivity index (χ3v) is 7.34. The first-order valence-electron chi connectivity index (χ1n) is 11.0. The van der Waals surface area contributed by atoms with Crippen LogP contribution in [0.2, 0.25) is 0 Å². The molecule has 3 N–H and O–H groups in total. The van der Waals surface area contributed by atoms with Crippen LogP contribution in [0, 0.1) is 0 Å². The van der Waals surface area contributed by atoms with Gasteiger partial charge in [0.25, 0.3) is 0 Å². The Kier molecular flexibility index (Phi) is 5.59. The number of nitrogens with zero attached hydrogens (tertiary/aromatic N) is 1. The fourth-order valence-electron chi connectivity index (χ4n) is 4.17. The minimum Gasteiger partial charge on any atom is -0.385 e. The summed E-state index contributed by atoms with van der Waals surface area (Å²) >= 11 is 1.71. The number of aromatic nitrogens is 3. The number of fused-ring (bicyclic) bond motifs is 2. The Morgan fingerprint density at radius 1 is 0.969 bits per heavy atom. The van der Waals surface area contributed by atoms with E-state index < -0.39 is 5.60 Å². The second-order valence-corrected chi connectivity index (χ2v) is 9.37. The lowest BCUT2D eigenvalue weighted by atomic mass is 9.88. The number of ether oxygens (including phenoxy) is 1. The molecule has 0 amide bonds. The number of aliphatic hydroxyl groups is 1. The number of hydrogen-bond donors (Lipinski definition) is 3. The summed E-state index contributed by atoms with van der Waals surface area (Å²) in [5, 5.41) is 19.7. The highest BCUT2D eigenvalue weighted by atomic mass is 32.1. The molecular weight excluding hydrogens is 418 g/mol. The zero-order valence-corrected chi connectivity index (χ0v) is 19.1. The molecule has 3 aromatic heterocycles. The highest BCUT2D eigenvalue weighted by Crippen LogP contribution is 2.36. The highest BCUT2D eigenvalue weighted by Gasteiger charge is 2.25. The van der Waals surface area contributed by atoms with Crippen LogP contribution in [0.4, 0.5) is 0 Å². The predicted molar refractivity (Wildman–Crippen MR) is 131 cm³/mol. The number of H-pyrrole nitrogens is 2. The molecule has 0 fully saturated rings. The van der Waals surface area contributed by atoms with Gasteiger partial charge in [-0.3, -0.25) is 5.10 Å². The van der Waals surface area contributed by atoms with Crippen LogP contribution in [0.15, 0.2) is 60.7 Å². The van der Waals surface area contributed by atoms with E-state index in [0.717, 1.165) is 38.1 Å². The van der Waals surface area contributed by atoms with Crippen molar-refractivity contribution in [1.29, 1.82) is 0 Å². The van der Waals surface area contributed by atoms with E-state index in [0.29, 0.717) is 26.1 Å². The molecule has 5 nitrogen and oxygen atoms in total. The van der Waals surface area contributed by atoms with E-state index >= 15 is 0 Å². The lowest BCUT2D eigenvalue weighted by molar-refractivity contribution is 0.0285. The fourth-order valence-corrected chi connectivity index (χ4v) is 5.22. The molecule has 0 radical (unpaired) electrons. The van der Waals surface area contributed by atoms with E-state index in [1.165, 1.54) is 10.4 Å². The summed E-state index contributed by atoms with van der Waals surface area (Å²) in [6.07, 6.45) is 1.37. The zero-order valence-electron chi connectivity index (χ0n) is 18.3. The van der Waals surface area contributed by atoms with Crippen LogP contribution in [-0.2, 0) is 23.6 Å². The molecule has 5 rings (SSSR count). The lowest BCUT2D eigenvalue weighted by Gasteiger charge is -2.25. The molecule has 0 aliphatic rings. The Bertz CT molecular complexity index is 1350. The number of thiophene rings is 1. The van der Waals surface area contributed by atoms with Crippen molar-refractivity contribution in [3.05, 3.63) is 76.7 Å². The van der Waals surface area contributed by atoms with Gasteiger partial charge < -0.3 is 14.8 Å². The summed E-state index contributed by atoms with van der Waals surface area (Å²) in [5.41, 5.74) is 5.25. The average molecular weight is 446 g/mol. The molecule has 2 aromatic carbocycles. The van der Waals surface area contributed by atoms with Crippen molar-refractivity contribution in [3.8, 4) is 11.4 Å². The zero-order chi connectivity index (χ0) is 22.1. The summed E-state index contributed by atoms with van der Waals surface area (Å²) in [4.78, 5) is 4.67. The van der Waals surface area contributed by atoms with E-state index in [4.69, 9.17) is 4.74 Å². The monoisotopic (exact) mass is 445 g/mol. The third-order valence-electron chi connectivity index (χ3n) is 6.23. The van der Waals surface area contributed by atoms with E-state index in [2.05, 4.69) is 51.6 Å². The first-order chi connectivity index (χ1) is 15.6. The van der Waals surface area contributed by atoms with Gasteiger partial charge in [-0.2, -0.15) is 5.10 Å². The van der Waals surface area contributed by atoms with Crippen LogP contribution >= 0.6 is 11.3 Å². The van der Waals surface area contributed by atoms with Gasteiger partial charge in [0.15, 0.2) is 0 Å². The Hall–Kier alpha value is -2.93. The molecule has 0 saturated carbocycles. The van der Waals surface area contributed by atoms with Crippen molar-refractivity contribution in [2.45, 2.75) is 45.5 Å². The Morgan fingerprint density at radius 3 is 2.56 bits per heavy atom. The SMILES string of the molecule is CCC(O)(CC)c1ccc2cc(-c3n[nH]c4cc(COCc5ccccc5)sc34)[nH]c2c1. The number of rotatable bonds is 8. The van der Waals surface area contributed by atoms with Crippen molar-refractivity contribution in [2.24, 2.45) is 0 Å². The first-order valence-corrected chi connectivity index (χ1v) is 11.9. The van der Waals surface area contributed by atoms with Crippen LogP contribution < -0.4 is 0 Å². The second kappa shape index (κ2) is 8.54. The van der Waals surface area contributed by atoms with Crippen LogP contribution in [0.3, 0.4) is 0 Å². The summed E-state index contributed by atoms with van der Waals surface area (Å²) in [6, 6.07) is 20.6. The van der Waals surface area contributed by atoms with Crippen molar-refractivity contribution in [1.82, 2.24) is 15.2 Å². The molecule has 6 heteroatoms. The van der Waals surface area contributed by atoms with Gasteiger partial charge in [0.05, 0.1) is 34.7 Å². The van der Waals surface area contributed by atoms with Gasteiger partial charge >= 0.3 is 0 Å². The Labute approximate surface area is 191 Å². The van der Waals surface area contributed by atoms with Crippen molar-refractivity contribution in [3.63, 3.8) is 0 Å². The molecule has 0 atom stereocenters. The normalized spacial score (nSPS) is 12.2. The average Bonchev–Trinajstić information content (AvgIpc) is 3.52. The lowest BCUT2D eigenvalue weighted by Crippen LogP contribution is -2.23. The fraction of sp³-hybridized carbons (Fsp3) is 0.269. The molecule has 0 aliphatic carbocycles. The molecule has 164 valence electrons. The first kappa shape index (κ1) is 20.9.